The Labute approximate surface area is 215 Å². The van der Waals surface area contributed by atoms with Gasteiger partial charge in [-0.1, -0.05) is 29.4 Å². The maximum Gasteiger partial charge on any atom is 0.266 e. The number of ether oxygens (including phenoxy) is 4. The van der Waals surface area contributed by atoms with Crippen LogP contribution in [0.5, 0.6) is 5.75 Å². The number of amides is 1. The topological polar surface area (TPSA) is 159 Å². The van der Waals surface area contributed by atoms with E-state index in [1.165, 1.54) is 14.2 Å². The molecule has 2 aromatic rings. The summed E-state index contributed by atoms with van der Waals surface area (Å²) in [5, 5.41) is 12.7. The Morgan fingerprint density at radius 2 is 1.97 bits per heavy atom. The molecule has 0 aromatic heterocycles. The number of aliphatic hydroxyl groups is 1. The number of carbonyl (C=O) groups excluding carboxylic acids is 1. The first-order chi connectivity index (χ1) is 18.0. The Morgan fingerprint density at radius 3 is 2.65 bits per heavy atom. The van der Waals surface area contributed by atoms with Gasteiger partial charge in [0.2, 0.25) is 5.90 Å². The number of nitrogens with zero attached hydrogens (tertiary/aromatic N) is 4. The van der Waals surface area contributed by atoms with Crippen molar-refractivity contribution in [3.63, 3.8) is 0 Å². The van der Waals surface area contributed by atoms with Crippen LogP contribution in [0, 0.1) is 0 Å². The van der Waals surface area contributed by atoms with Gasteiger partial charge >= 0.3 is 0 Å². The highest BCUT2D eigenvalue weighted by Crippen LogP contribution is 2.35. The molecule has 0 aliphatic carbocycles. The number of hydrazine groups is 1. The zero-order chi connectivity index (χ0) is 26.7. The highest BCUT2D eigenvalue weighted by atomic mass is 16.7. The molecule has 3 N–H and O–H groups in total. The van der Waals surface area contributed by atoms with Crippen LogP contribution in [0.15, 0.2) is 58.6 Å². The molecule has 1 amide bonds. The third-order valence-corrected chi connectivity index (χ3v) is 5.93. The van der Waals surface area contributed by atoms with Crippen molar-refractivity contribution in [2.45, 2.75) is 37.7 Å². The molecule has 2 aromatic carbocycles. The van der Waals surface area contributed by atoms with Gasteiger partial charge in [-0.3, -0.25) is 10.2 Å². The van der Waals surface area contributed by atoms with Crippen LogP contribution >= 0.6 is 0 Å². The summed E-state index contributed by atoms with van der Waals surface area (Å²) in [7, 11) is 3.00. The number of nitrogens with one attached hydrogen (secondary N) is 2. The maximum atomic E-state index is 13.6. The summed E-state index contributed by atoms with van der Waals surface area (Å²) < 4.78 is 22.0. The molecule has 37 heavy (non-hydrogen) atoms. The predicted octanol–water partition coefficient (Wildman–Crippen LogP) is 2.78. The van der Waals surface area contributed by atoms with Crippen LogP contribution in [-0.2, 0) is 25.4 Å². The monoisotopic (exact) mass is 512 g/mol. The van der Waals surface area contributed by atoms with Gasteiger partial charge in [-0.15, -0.1) is 0 Å². The van der Waals surface area contributed by atoms with Crippen molar-refractivity contribution in [2.75, 3.05) is 34.0 Å². The number of hydrogen-bond acceptors (Lipinski definition) is 9. The van der Waals surface area contributed by atoms with Crippen molar-refractivity contribution in [1.29, 1.82) is 0 Å². The minimum Gasteiger partial charge on any atom is -0.494 e. The summed E-state index contributed by atoms with van der Waals surface area (Å²) in [6.07, 6.45) is -0.546. The summed E-state index contributed by atoms with van der Waals surface area (Å²) in [6.45, 7) is 2.43. The van der Waals surface area contributed by atoms with Crippen LogP contribution in [-0.4, -0.2) is 68.8 Å². The van der Waals surface area contributed by atoms with Gasteiger partial charge in [0.05, 0.1) is 13.2 Å². The first kappa shape index (κ1) is 27.9. The van der Waals surface area contributed by atoms with Crippen LogP contribution in [0.25, 0.3) is 10.4 Å². The first-order valence-corrected chi connectivity index (χ1v) is 11.8. The summed E-state index contributed by atoms with van der Waals surface area (Å²) in [5.74, 6) is 0.518. The van der Waals surface area contributed by atoms with E-state index in [0.29, 0.717) is 41.5 Å². The molecule has 0 saturated heterocycles. The van der Waals surface area contributed by atoms with Crippen LogP contribution in [0.4, 0.5) is 5.69 Å². The fourth-order valence-electron chi connectivity index (χ4n) is 3.83. The number of carbonyl (C=O) groups is 1. The number of azide groups is 1. The minimum absolute atomic E-state index is 0.0556. The zero-order valence-electron chi connectivity index (χ0n) is 21.1. The van der Waals surface area contributed by atoms with Gasteiger partial charge in [0, 0.05) is 49.8 Å². The summed E-state index contributed by atoms with van der Waals surface area (Å²) in [6, 6.07) is 14.2. The molecule has 0 bridgehead atoms. The molecule has 1 aliphatic rings. The Bertz CT molecular complexity index is 1120. The van der Waals surface area contributed by atoms with Gasteiger partial charge in [0.1, 0.15) is 11.9 Å². The summed E-state index contributed by atoms with van der Waals surface area (Å²) >= 11 is 0. The predicted molar refractivity (Wildman–Crippen MR) is 136 cm³/mol. The summed E-state index contributed by atoms with van der Waals surface area (Å²) in [5.41, 5.74) is 14.9. The molecule has 0 radical (unpaired) electrons. The normalized spacial score (nSPS) is 18.6. The fraction of sp³-hybridized carbons (Fsp3) is 0.440. The second kappa shape index (κ2) is 13.6. The molecular formula is C25H32N6O6. The molecule has 12 heteroatoms. The van der Waals surface area contributed by atoms with E-state index in [0.717, 1.165) is 0 Å². The van der Waals surface area contributed by atoms with E-state index in [-0.39, 0.29) is 19.6 Å². The molecule has 2 atom stereocenters. The number of hydrogen-bond donors (Lipinski definition) is 3. The van der Waals surface area contributed by atoms with E-state index in [2.05, 4.69) is 20.9 Å². The standard InChI is InChI=1S/C25H32N6O6/c1-17-25(24(33)30-27-16-22(34-2)35-3,15-19-7-4-5-8-21(19)29-31-26)28-23(37-17)18-9-11-20(12-10-18)36-14-6-13-32/h4-5,7-12,17,22,27,32H,6,13-16H2,1-3H3,(H,30,33)/t17-,25-/m0/s1. The third kappa shape index (κ3) is 6.97. The van der Waals surface area contributed by atoms with Crippen molar-refractivity contribution in [2.24, 2.45) is 10.1 Å². The van der Waals surface area contributed by atoms with Crippen molar-refractivity contribution < 1.29 is 28.8 Å². The van der Waals surface area contributed by atoms with Crippen molar-refractivity contribution in [3.8, 4) is 5.75 Å². The van der Waals surface area contributed by atoms with E-state index >= 15 is 0 Å². The molecule has 1 heterocycles. The first-order valence-electron chi connectivity index (χ1n) is 11.8. The number of rotatable bonds is 14. The SMILES string of the molecule is COC(CNNC(=O)[C@@]1(Cc2ccccc2N=[N+]=[N-])N=C(c2ccc(OCCCO)cc2)O[C@H]1C)OC. The smallest absolute Gasteiger partial charge is 0.266 e. The highest BCUT2D eigenvalue weighted by molar-refractivity contribution is 6.00. The molecule has 0 spiro atoms. The maximum absolute atomic E-state index is 13.6. The second-order valence-corrected chi connectivity index (χ2v) is 8.28. The van der Waals surface area contributed by atoms with Crippen LogP contribution in [0.3, 0.4) is 0 Å². The number of benzene rings is 2. The molecule has 12 nitrogen and oxygen atoms in total. The molecule has 3 rings (SSSR count). The van der Waals surface area contributed by atoms with Gasteiger partial charge in [-0.2, -0.15) is 0 Å². The van der Waals surface area contributed by atoms with E-state index in [1.807, 2.05) is 0 Å². The van der Waals surface area contributed by atoms with Gasteiger partial charge in [-0.25, -0.2) is 10.4 Å². The van der Waals surface area contributed by atoms with Gasteiger partial charge in [0.25, 0.3) is 5.91 Å². The lowest BCUT2D eigenvalue weighted by atomic mass is 9.85. The number of methoxy groups -OCH3 is 2. The van der Waals surface area contributed by atoms with Gasteiger partial charge in [-0.05, 0) is 42.3 Å². The quantitative estimate of drug-likeness (QED) is 0.0876. The van der Waals surface area contributed by atoms with Crippen molar-refractivity contribution in [3.05, 3.63) is 70.1 Å². The van der Waals surface area contributed by atoms with Gasteiger partial charge < -0.3 is 24.1 Å². The lowest BCUT2D eigenvalue weighted by molar-refractivity contribution is -0.131. The fourth-order valence-corrected chi connectivity index (χ4v) is 3.83. The van der Waals surface area contributed by atoms with E-state index in [1.54, 1.807) is 55.5 Å². The van der Waals surface area contributed by atoms with Crippen molar-refractivity contribution >= 4 is 17.5 Å². The Balaban J connectivity index is 1.91. The van der Waals surface area contributed by atoms with Crippen molar-refractivity contribution in [1.82, 2.24) is 10.9 Å². The van der Waals surface area contributed by atoms with E-state index in [4.69, 9.17) is 34.6 Å². The van der Waals surface area contributed by atoms with Crippen LogP contribution in [0.2, 0.25) is 0 Å². The average Bonchev–Trinajstić information content (AvgIpc) is 3.25. The molecule has 0 fully saturated rings. The Hall–Kier alpha value is -3.67. The number of aliphatic imine (C=N–C) groups is 1. The Kier molecular flexibility index (Phi) is 10.2. The molecule has 0 saturated carbocycles. The number of aliphatic hydroxyl groups excluding tert-OH is 1. The Morgan fingerprint density at radius 1 is 1.24 bits per heavy atom. The van der Waals surface area contributed by atoms with Crippen LogP contribution < -0.4 is 15.6 Å². The average molecular weight is 513 g/mol. The highest BCUT2D eigenvalue weighted by Gasteiger charge is 2.50. The van der Waals surface area contributed by atoms with Crippen LogP contribution in [0.1, 0.15) is 24.5 Å². The molecule has 198 valence electrons. The molecule has 0 unspecified atom stereocenters. The van der Waals surface area contributed by atoms with Gasteiger partial charge in [0.15, 0.2) is 11.8 Å². The third-order valence-electron chi connectivity index (χ3n) is 5.93. The lowest BCUT2D eigenvalue weighted by Crippen LogP contribution is -2.57. The summed E-state index contributed by atoms with van der Waals surface area (Å²) in [4.78, 5) is 21.3. The zero-order valence-corrected chi connectivity index (χ0v) is 21.1. The minimum atomic E-state index is -1.37. The lowest BCUT2D eigenvalue weighted by Gasteiger charge is -2.29. The molecule has 1 aliphatic heterocycles. The van der Waals surface area contributed by atoms with E-state index in [9.17, 15) is 4.79 Å². The van der Waals surface area contributed by atoms with E-state index < -0.39 is 23.8 Å². The molecular weight excluding hydrogens is 480 g/mol. The second-order valence-electron chi connectivity index (χ2n) is 8.28. The largest absolute Gasteiger partial charge is 0.494 e.